The SMILES string of the molecule is O=C(NC1CCCCC1)c1cc(F)c(F)c(C2CCNCC2)c1. The quantitative estimate of drug-likeness (QED) is 0.894. The standard InChI is InChI=1S/C18H24F2N2O/c19-16-11-13(18(23)22-14-4-2-1-3-5-14)10-15(17(16)20)12-6-8-21-9-7-12/h10-12,14,21H,1-9H2,(H,22,23). The zero-order chi connectivity index (χ0) is 16.2. The fourth-order valence-electron chi connectivity index (χ4n) is 3.69. The van der Waals surface area contributed by atoms with Crippen LogP contribution in [-0.2, 0) is 0 Å². The van der Waals surface area contributed by atoms with Crippen molar-refractivity contribution >= 4 is 5.91 Å². The van der Waals surface area contributed by atoms with Crippen molar-refractivity contribution in [3.05, 3.63) is 34.9 Å². The highest BCUT2D eigenvalue weighted by atomic mass is 19.2. The zero-order valence-electron chi connectivity index (χ0n) is 13.3. The minimum Gasteiger partial charge on any atom is -0.349 e. The fraction of sp³-hybridized carbons (Fsp3) is 0.611. The molecule has 0 radical (unpaired) electrons. The molecular weight excluding hydrogens is 298 g/mol. The van der Waals surface area contributed by atoms with Crippen molar-refractivity contribution in [2.24, 2.45) is 0 Å². The lowest BCUT2D eigenvalue weighted by Crippen LogP contribution is -2.36. The largest absolute Gasteiger partial charge is 0.349 e. The molecule has 23 heavy (non-hydrogen) atoms. The van der Waals surface area contributed by atoms with Crippen molar-refractivity contribution in [3.8, 4) is 0 Å². The molecule has 1 heterocycles. The topological polar surface area (TPSA) is 41.1 Å². The summed E-state index contributed by atoms with van der Waals surface area (Å²) in [6.07, 6.45) is 6.91. The summed E-state index contributed by atoms with van der Waals surface area (Å²) >= 11 is 0. The van der Waals surface area contributed by atoms with E-state index in [0.29, 0.717) is 5.56 Å². The van der Waals surface area contributed by atoms with E-state index in [-0.39, 0.29) is 23.4 Å². The van der Waals surface area contributed by atoms with E-state index in [1.165, 1.54) is 6.42 Å². The van der Waals surface area contributed by atoms with Gasteiger partial charge in [-0.2, -0.15) is 0 Å². The molecule has 3 rings (SSSR count). The van der Waals surface area contributed by atoms with Gasteiger partial charge in [0.25, 0.3) is 5.91 Å². The number of carbonyl (C=O) groups is 1. The van der Waals surface area contributed by atoms with Crippen molar-refractivity contribution in [1.29, 1.82) is 0 Å². The Hall–Kier alpha value is -1.49. The Morgan fingerprint density at radius 2 is 1.74 bits per heavy atom. The van der Waals surface area contributed by atoms with E-state index < -0.39 is 11.6 Å². The molecule has 5 heteroatoms. The molecule has 2 aliphatic rings. The molecule has 3 nitrogen and oxygen atoms in total. The smallest absolute Gasteiger partial charge is 0.251 e. The molecule has 1 aliphatic heterocycles. The molecule has 1 amide bonds. The van der Waals surface area contributed by atoms with Crippen molar-refractivity contribution in [3.63, 3.8) is 0 Å². The highest BCUT2D eigenvalue weighted by Gasteiger charge is 2.24. The van der Waals surface area contributed by atoms with Crippen LogP contribution < -0.4 is 10.6 Å². The maximum absolute atomic E-state index is 14.2. The zero-order valence-corrected chi connectivity index (χ0v) is 13.3. The molecule has 0 bridgehead atoms. The predicted octanol–water partition coefficient (Wildman–Crippen LogP) is 3.49. The van der Waals surface area contributed by atoms with E-state index in [0.717, 1.165) is 57.7 Å². The van der Waals surface area contributed by atoms with Crippen LogP contribution in [0, 0.1) is 11.6 Å². The summed E-state index contributed by atoms with van der Waals surface area (Å²) in [5.74, 6) is -2.03. The number of rotatable bonds is 3. The molecule has 0 aromatic heterocycles. The normalized spacial score (nSPS) is 20.4. The highest BCUT2D eigenvalue weighted by molar-refractivity contribution is 5.94. The second-order valence-corrected chi connectivity index (χ2v) is 6.69. The number of benzene rings is 1. The minimum absolute atomic E-state index is 0.0202. The van der Waals surface area contributed by atoms with Crippen LogP contribution in [-0.4, -0.2) is 25.0 Å². The summed E-state index contributed by atoms with van der Waals surface area (Å²) in [5, 5.41) is 6.19. The molecule has 1 saturated heterocycles. The third kappa shape index (κ3) is 3.89. The van der Waals surface area contributed by atoms with Crippen LogP contribution in [0.1, 0.15) is 66.8 Å². The van der Waals surface area contributed by atoms with Crippen molar-refractivity contribution in [2.75, 3.05) is 13.1 Å². The van der Waals surface area contributed by atoms with Gasteiger partial charge in [-0.1, -0.05) is 19.3 Å². The molecule has 1 aliphatic carbocycles. The van der Waals surface area contributed by atoms with E-state index in [2.05, 4.69) is 10.6 Å². The first-order valence-corrected chi connectivity index (χ1v) is 8.65. The Labute approximate surface area is 135 Å². The number of carbonyl (C=O) groups excluding carboxylic acids is 1. The maximum Gasteiger partial charge on any atom is 0.251 e. The molecule has 0 spiro atoms. The van der Waals surface area contributed by atoms with Gasteiger partial charge in [0.2, 0.25) is 0 Å². The second kappa shape index (κ2) is 7.39. The average Bonchev–Trinajstić information content (AvgIpc) is 2.59. The van der Waals surface area contributed by atoms with Crippen LogP contribution in [0.3, 0.4) is 0 Å². The van der Waals surface area contributed by atoms with Gasteiger partial charge >= 0.3 is 0 Å². The first kappa shape index (κ1) is 16.4. The van der Waals surface area contributed by atoms with E-state index in [4.69, 9.17) is 0 Å². The summed E-state index contributed by atoms with van der Waals surface area (Å²) < 4.78 is 28.1. The van der Waals surface area contributed by atoms with Crippen molar-refractivity contribution < 1.29 is 13.6 Å². The Morgan fingerprint density at radius 3 is 2.43 bits per heavy atom. The Balaban J connectivity index is 1.78. The molecule has 0 atom stereocenters. The molecule has 126 valence electrons. The molecule has 1 aromatic carbocycles. The maximum atomic E-state index is 14.2. The second-order valence-electron chi connectivity index (χ2n) is 6.69. The minimum atomic E-state index is -0.921. The molecule has 1 aromatic rings. The van der Waals surface area contributed by atoms with Gasteiger partial charge in [0.05, 0.1) is 0 Å². The lowest BCUT2D eigenvalue weighted by atomic mass is 9.88. The predicted molar refractivity (Wildman–Crippen MR) is 85.5 cm³/mol. The van der Waals surface area contributed by atoms with Gasteiger partial charge < -0.3 is 10.6 Å². The number of hydrogen-bond donors (Lipinski definition) is 2. The first-order chi connectivity index (χ1) is 11.1. The molecule has 0 unspecified atom stereocenters. The summed E-state index contributed by atoms with van der Waals surface area (Å²) in [7, 11) is 0. The summed E-state index contributed by atoms with van der Waals surface area (Å²) in [6.45, 7) is 1.59. The van der Waals surface area contributed by atoms with Crippen LogP contribution in [0.25, 0.3) is 0 Å². The number of nitrogens with one attached hydrogen (secondary N) is 2. The van der Waals surface area contributed by atoms with Crippen LogP contribution >= 0.6 is 0 Å². The van der Waals surface area contributed by atoms with Gasteiger partial charge in [0.1, 0.15) is 0 Å². The van der Waals surface area contributed by atoms with Crippen LogP contribution in [0.2, 0.25) is 0 Å². The van der Waals surface area contributed by atoms with Gasteiger partial charge in [0, 0.05) is 11.6 Å². The Kier molecular flexibility index (Phi) is 5.26. The lowest BCUT2D eigenvalue weighted by Gasteiger charge is -2.25. The van der Waals surface area contributed by atoms with Crippen molar-refractivity contribution in [1.82, 2.24) is 10.6 Å². The van der Waals surface area contributed by atoms with Gasteiger partial charge in [-0.3, -0.25) is 4.79 Å². The molecule has 1 saturated carbocycles. The summed E-state index contributed by atoms with van der Waals surface area (Å²) in [6, 6.07) is 2.73. The van der Waals surface area contributed by atoms with Gasteiger partial charge in [-0.05, 0) is 62.4 Å². The van der Waals surface area contributed by atoms with Gasteiger partial charge in [-0.25, -0.2) is 8.78 Å². The third-order valence-corrected chi connectivity index (χ3v) is 5.04. The van der Waals surface area contributed by atoms with Crippen LogP contribution in [0.15, 0.2) is 12.1 Å². The Bertz CT molecular complexity index is 564. The van der Waals surface area contributed by atoms with Crippen molar-refractivity contribution in [2.45, 2.75) is 56.9 Å². The fourth-order valence-corrected chi connectivity index (χ4v) is 3.69. The number of hydrogen-bond acceptors (Lipinski definition) is 2. The van der Waals surface area contributed by atoms with Gasteiger partial charge in [-0.15, -0.1) is 0 Å². The third-order valence-electron chi connectivity index (χ3n) is 5.04. The molecule has 2 N–H and O–H groups in total. The molecular formula is C18H24F2N2O. The summed E-state index contributed by atoms with van der Waals surface area (Å²) in [4.78, 5) is 12.4. The average molecular weight is 322 g/mol. The summed E-state index contributed by atoms with van der Waals surface area (Å²) in [5.41, 5.74) is 0.586. The van der Waals surface area contributed by atoms with Crippen LogP contribution in [0.5, 0.6) is 0 Å². The number of halogens is 2. The Morgan fingerprint density at radius 1 is 1.04 bits per heavy atom. The van der Waals surface area contributed by atoms with E-state index in [1.807, 2.05) is 0 Å². The highest BCUT2D eigenvalue weighted by Crippen LogP contribution is 2.30. The monoisotopic (exact) mass is 322 g/mol. The first-order valence-electron chi connectivity index (χ1n) is 8.65. The van der Waals surface area contributed by atoms with E-state index in [1.54, 1.807) is 6.07 Å². The van der Waals surface area contributed by atoms with Crippen LogP contribution in [0.4, 0.5) is 8.78 Å². The number of amides is 1. The lowest BCUT2D eigenvalue weighted by molar-refractivity contribution is 0.0927. The van der Waals surface area contributed by atoms with E-state index >= 15 is 0 Å². The van der Waals surface area contributed by atoms with Gasteiger partial charge in [0.15, 0.2) is 11.6 Å². The van der Waals surface area contributed by atoms with E-state index in [9.17, 15) is 13.6 Å². The number of piperidine rings is 1. The molecule has 2 fully saturated rings.